The van der Waals surface area contributed by atoms with Crippen molar-refractivity contribution in [2.75, 3.05) is 0 Å². The van der Waals surface area contributed by atoms with Gasteiger partial charge in [0.1, 0.15) is 23.8 Å². The van der Waals surface area contributed by atoms with Gasteiger partial charge < -0.3 is 9.47 Å². The molecule has 2 heterocycles. The number of hydrogen-bond acceptors (Lipinski definition) is 4. The van der Waals surface area contributed by atoms with Crippen molar-refractivity contribution < 1.29 is 14.3 Å². The van der Waals surface area contributed by atoms with Gasteiger partial charge in [0.25, 0.3) is 0 Å². The summed E-state index contributed by atoms with van der Waals surface area (Å²) in [6, 6.07) is 18.0. The highest BCUT2D eigenvalue weighted by Crippen LogP contribution is 2.42. The number of hydrogen-bond donors (Lipinski definition) is 0. The molecule has 3 aromatic rings. The molecule has 4 heteroatoms. The Morgan fingerprint density at radius 3 is 2.69 bits per heavy atom. The van der Waals surface area contributed by atoms with Gasteiger partial charge in [0.15, 0.2) is 0 Å². The summed E-state index contributed by atoms with van der Waals surface area (Å²) in [6.07, 6.45) is 0. The molecule has 0 saturated carbocycles. The van der Waals surface area contributed by atoms with E-state index < -0.39 is 0 Å². The molecular weight excluding hydrogens is 344 g/mol. The molecule has 1 aliphatic heterocycles. The Balaban J connectivity index is 1.47. The normalized spacial score (nSPS) is 12.3. The number of rotatable bonds is 4. The summed E-state index contributed by atoms with van der Waals surface area (Å²) in [7, 11) is 0. The number of thiophene rings is 1. The van der Waals surface area contributed by atoms with Crippen LogP contribution in [0.5, 0.6) is 5.75 Å². The van der Waals surface area contributed by atoms with E-state index in [1.807, 2.05) is 42.5 Å². The Morgan fingerprint density at radius 1 is 1.15 bits per heavy atom. The second-order valence-corrected chi connectivity index (χ2v) is 7.77. The van der Waals surface area contributed by atoms with E-state index >= 15 is 0 Å². The summed E-state index contributed by atoms with van der Waals surface area (Å²) >= 11 is 1.47. The highest BCUT2D eigenvalue weighted by molar-refractivity contribution is 7.17. The van der Waals surface area contributed by atoms with E-state index in [0.717, 1.165) is 27.3 Å². The fraction of sp³-hybridized carbons (Fsp3) is 0.227. The number of carbonyl (C=O) groups is 1. The Morgan fingerprint density at radius 2 is 1.92 bits per heavy atom. The maximum atomic E-state index is 12.5. The Bertz CT molecular complexity index is 938. The van der Waals surface area contributed by atoms with Crippen LogP contribution in [-0.2, 0) is 18.0 Å². The quantitative estimate of drug-likeness (QED) is 0.550. The zero-order valence-electron chi connectivity index (χ0n) is 14.8. The molecule has 0 amide bonds. The van der Waals surface area contributed by atoms with Crippen LogP contribution in [0, 0.1) is 0 Å². The first-order valence-corrected chi connectivity index (χ1v) is 9.54. The van der Waals surface area contributed by atoms with E-state index in [1.165, 1.54) is 16.9 Å². The summed E-state index contributed by atoms with van der Waals surface area (Å²) in [4.78, 5) is 14.2. The first-order chi connectivity index (χ1) is 12.6. The zero-order valence-corrected chi connectivity index (χ0v) is 15.6. The summed E-state index contributed by atoms with van der Waals surface area (Å²) in [5.74, 6) is 1.08. The van der Waals surface area contributed by atoms with Gasteiger partial charge in [-0.25, -0.2) is 4.79 Å². The minimum absolute atomic E-state index is 0.283. The van der Waals surface area contributed by atoms with Crippen LogP contribution < -0.4 is 4.74 Å². The van der Waals surface area contributed by atoms with Crippen molar-refractivity contribution in [3.05, 3.63) is 76.2 Å². The molecule has 0 atom stereocenters. The molecule has 0 N–H and O–H groups in total. The Labute approximate surface area is 157 Å². The van der Waals surface area contributed by atoms with Crippen LogP contribution in [0.3, 0.4) is 0 Å². The first-order valence-electron chi connectivity index (χ1n) is 8.72. The van der Waals surface area contributed by atoms with Gasteiger partial charge in [0.05, 0.1) is 0 Å². The lowest BCUT2D eigenvalue weighted by Gasteiger charge is -2.16. The molecule has 3 nitrogen and oxygen atoms in total. The van der Waals surface area contributed by atoms with Crippen molar-refractivity contribution >= 4 is 17.3 Å². The molecule has 1 aliphatic rings. The van der Waals surface area contributed by atoms with Gasteiger partial charge in [-0.15, -0.1) is 11.3 Å². The summed E-state index contributed by atoms with van der Waals surface area (Å²) < 4.78 is 11.3. The summed E-state index contributed by atoms with van der Waals surface area (Å²) in [6.45, 7) is 5.10. The van der Waals surface area contributed by atoms with E-state index in [1.54, 1.807) is 0 Å². The van der Waals surface area contributed by atoms with E-state index in [0.29, 0.717) is 17.4 Å². The van der Waals surface area contributed by atoms with Crippen LogP contribution in [0.1, 0.15) is 46.1 Å². The number of para-hydroxylation sites is 1. The highest BCUT2D eigenvalue weighted by atomic mass is 32.1. The van der Waals surface area contributed by atoms with E-state index in [9.17, 15) is 4.79 Å². The van der Waals surface area contributed by atoms with Crippen LogP contribution in [-0.4, -0.2) is 5.97 Å². The Kier molecular flexibility index (Phi) is 4.51. The lowest BCUT2D eigenvalue weighted by atomic mass is 10.0. The maximum Gasteiger partial charge on any atom is 0.348 e. The SMILES string of the molecule is CC(C)c1ccc(COC(=O)c2cc3c(s2)-c2ccccc2OC3)cc1. The number of esters is 1. The summed E-state index contributed by atoms with van der Waals surface area (Å²) in [5.41, 5.74) is 4.37. The molecule has 1 aromatic heterocycles. The van der Waals surface area contributed by atoms with Crippen LogP contribution in [0.2, 0.25) is 0 Å². The minimum atomic E-state index is -0.283. The second kappa shape index (κ2) is 6.96. The predicted molar refractivity (Wildman–Crippen MR) is 104 cm³/mol. The van der Waals surface area contributed by atoms with Gasteiger partial charge in [0, 0.05) is 16.0 Å². The molecule has 4 rings (SSSR count). The van der Waals surface area contributed by atoms with Gasteiger partial charge in [-0.2, -0.15) is 0 Å². The molecule has 0 spiro atoms. The van der Waals surface area contributed by atoms with E-state index in [2.05, 4.69) is 26.0 Å². The maximum absolute atomic E-state index is 12.5. The zero-order chi connectivity index (χ0) is 18.1. The van der Waals surface area contributed by atoms with Gasteiger partial charge in [-0.05, 0) is 35.2 Å². The van der Waals surface area contributed by atoms with Gasteiger partial charge in [-0.3, -0.25) is 0 Å². The molecule has 0 unspecified atom stereocenters. The first kappa shape index (κ1) is 16.9. The molecule has 2 aromatic carbocycles. The van der Waals surface area contributed by atoms with Crippen molar-refractivity contribution in [2.24, 2.45) is 0 Å². The minimum Gasteiger partial charge on any atom is -0.488 e. The smallest absolute Gasteiger partial charge is 0.348 e. The van der Waals surface area contributed by atoms with Crippen molar-refractivity contribution in [2.45, 2.75) is 33.0 Å². The van der Waals surface area contributed by atoms with Crippen molar-refractivity contribution in [3.8, 4) is 16.2 Å². The van der Waals surface area contributed by atoms with Crippen molar-refractivity contribution in [1.29, 1.82) is 0 Å². The van der Waals surface area contributed by atoms with Gasteiger partial charge in [-0.1, -0.05) is 50.2 Å². The third-order valence-electron chi connectivity index (χ3n) is 4.54. The largest absolute Gasteiger partial charge is 0.488 e. The third kappa shape index (κ3) is 3.25. The molecular formula is C22H20O3S. The molecule has 0 fully saturated rings. The predicted octanol–water partition coefficient (Wildman–Crippen LogP) is 5.79. The molecule has 0 radical (unpaired) electrons. The number of benzene rings is 2. The molecule has 0 saturated heterocycles. The third-order valence-corrected chi connectivity index (χ3v) is 5.73. The highest BCUT2D eigenvalue weighted by Gasteiger charge is 2.23. The van der Waals surface area contributed by atoms with E-state index in [-0.39, 0.29) is 12.6 Å². The second-order valence-electron chi connectivity index (χ2n) is 6.72. The Hall–Kier alpha value is -2.59. The average Bonchev–Trinajstić information content (AvgIpc) is 3.11. The number of carbonyl (C=O) groups excluding carboxylic acids is 1. The fourth-order valence-electron chi connectivity index (χ4n) is 3.02. The molecule has 26 heavy (non-hydrogen) atoms. The van der Waals surface area contributed by atoms with Crippen molar-refractivity contribution in [1.82, 2.24) is 0 Å². The van der Waals surface area contributed by atoms with Crippen LogP contribution in [0.25, 0.3) is 10.4 Å². The number of fused-ring (bicyclic) bond motifs is 3. The average molecular weight is 364 g/mol. The molecule has 132 valence electrons. The van der Waals surface area contributed by atoms with Gasteiger partial charge in [0.2, 0.25) is 0 Å². The fourth-order valence-corrected chi connectivity index (χ4v) is 4.11. The summed E-state index contributed by atoms with van der Waals surface area (Å²) in [5, 5.41) is 0. The van der Waals surface area contributed by atoms with E-state index in [4.69, 9.17) is 9.47 Å². The lowest BCUT2D eigenvalue weighted by Crippen LogP contribution is -2.04. The van der Waals surface area contributed by atoms with Crippen LogP contribution in [0.4, 0.5) is 0 Å². The topological polar surface area (TPSA) is 35.5 Å². The van der Waals surface area contributed by atoms with Crippen LogP contribution in [0.15, 0.2) is 54.6 Å². The van der Waals surface area contributed by atoms with Crippen LogP contribution >= 0.6 is 11.3 Å². The monoisotopic (exact) mass is 364 g/mol. The molecule has 0 bridgehead atoms. The lowest BCUT2D eigenvalue weighted by molar-refractivity contribution is 0.0478. The molecule has 0 aliphatic carbocycles. The van der Waals surface area contributed by atoms with Crippen molar-refractivity contribution in [3.63, 3.8) is 0 Å². The van der Waals surface area contributed by atoms with Gasteiger partial charge >= 0.3 is 5.97 Å². The number of ether oxygens (including phenoxy) is 2. The standard InChI is InChI=1S/C22H20O3S/c1-14(2)16-9-7-15(8-10-16)12-25-22(23)20-11-17-13-24-19-6-4-3-5-18(19)21(17)26-20/h3-11,14H,12-13H2,1-2H3.